The Morgan fingerprint density at radius 3 is 2.60 bits per heavy atom. The van der Waals surface area contributed by atoms with Crippen molar-refractivity contribution >= 4 is 21.6 Å². The highest BCUT2D eigenvalue weighted by Crippen LogP contribution is 2.28. The average Bonchev–Trinajstić information content (AvgIpc) is 3.50. The van der Waals surface area contributed by atoms with E-state index in [9.17, 15) is 13.2 Å². The Balaban J connectivity index is 1.41. The molecule has 1 aromatic heterocycles. The van der Waals surface area contributed by atoms with Gasteiger partial charge in [0.05, 0.1) is 4.90 Å². The number of aryl methyl sites for hydroxylation is 1. The first kappa shape index (κ1) is 20.3. The highest BCUT2D eigenvalue weighted by Gasteiger charge is 2.24. The maximum absolute atomic E-state index is 12.6. The monoisotopic (exact) mass is 424 g/mol. The second-order valence-electron chi connectivity index (χ2n) is 7.58. The van der Waals surface area contributed by atoms with Crippen LogP contribution in [-0.4, -0.2) is 30.4 Å². The van der Waals surface area contributed by atoms with Crippen molar-refractivity contribution in [1.82, 2.24) is 14.3 Å². The zero-order valence-corrected chi connectivity index (χ0v) is 17.5. The van der Waals surface area contributed by atoms with Crippen molar-refractivity contribution in [3.8, 4) is 0 Å². The molecule has 0 spiro atoms. The van der Waals surface area contributed by atoms with Gasteiger partial charge in [0.15, 0.2) is 0 Å². The summed E-state index contributed by atoms with van der Waals surface area (Å²) in [6.45, 7) is 3.10. The molecule has 2 N–H and O–H groups in total. The second-order valence-corrected chi connectivity index (χ2v) is 9.34. The zero-order chi connectivity index (χ0) is 21.1. The van der Waals surface area contributed by atoms with E-state index in [2.05, 4.69) is 15.0 Å². The number of benzene rings is 2. The molecule has 3 aromatic rings. The minimum atomic E-state index is -3.62. The van der Waals surface area contributed by atoms with Gasteiger partial charge in [0, 0.05) is 36.7 Å². The van der Waals surface area contributed by atoms with Gasteiger partial charge in [-0.15, -0.1) is 0 Å². The van der Waals surface area contributed by atoms with Crippen molar-refractivity contribution in [1.29, 1.82) is 0 Å². The lowest BCUT2D eigenvalue weighted by Gasteiger charge is -2.10. The first-order valence-corrected chi connectivity index (χ1v) is 11.4. The van der Waals surface area contributed by atoms with E-state index in [1.165, 1.54) is 12.1 Å². The highest BCUT2D eigenvalue weighted by atomic mass is 32.2. The van der Waals surface area contributed by atoms with Gasteiger partial charge in [-0.3, -0.25) is 4.79 Å². The van der Waals surface area contributed by atoms with Gasteiger partial charge in [0.1, 0.15) is 5.82 Å². The van der Waals surface area contributed by atoms with Crippen LogP contribution in [0.2, 0.25) is 0 Å². The van der Waals surface area contributed by atoms with Crippen molar-refractivity contribution in [2.45, 2.75) is 31.2 Å². The molecule has 30 heavy (non-hydrogen) atoms. The molecule has 1 heterocycles. The third-order valence-corrected chi connectivity index (χ3v) is 6.58. The van der Waals surface area contributed by atoms with Crippen molar-refractivity contribution in [3.05, 3.63) is 77.9 Å². The molecule has 7 nitrogen and oxygen atoms in total. The van der Waals surface area contributed by atoms with Crippen LogP contribution in [0.25, 0.3) is 0 Å². The molecule has 1 fully saturated rings. The van der Waals surface area contributed by atoms with Crippen molar-refractivity contribution in [2.75, 3.05) is 11.9 Å². The first-order chi connectivity index (χ1) is 14.4. The molecule has 8 heteroatoms. The molecule has 0 aliphatic heterocycles. The normalized spacial score (nSPS) is 13.9. The summed E-state index contributed by atoms with van der Waals surface area (Å²) >= 11 is 0. The lowest BCUT2D eigenvalue weighted by atomic mass is 10.2. The number of carbonyl (C=O) groups excluding carboxylic acids is 1. The Morgan fingerprint density at radius 1 is 1.17 bits per heavy atom. The van der Waals surface area contributed by atoms with Crippen molar-refractivity contribution < 1.29 is 13.2 Å². The van der Waals surface area contributed by atoms with Gasteiger partial charge in [-0.1, -0.05) is 18.2 Å². The number of nitrogens with zero attached hydrogens (tertiary/aromatic N) is 2. The SMILES string of the molecule is Cc1nccn1Cc1ccc(NC(=O)c2cccc(S(=O)(=O)NCC3CC3)c2)cc1. The van der Waals surface area contributed by atoms with E-state index in [1.54, 1.807) is 18.3 Å². The lowest BCUT2D eigenvalue weighted by Crippen LogP contribution is -2.26. The molecule has 0 atom stereocenters. The lowest BCUT2D eigenvalue weighted by molar-refractivity contribution is 0.102. The van der Waals surface area contributed by atoms with E-state index in [0.717, 1.165) is 24.2 Å². The molecular formula is C22H24N4O3S. The molecule has 0 unspecified atom stereocenters. The van der Waals surface area contributed by atoms with Gasteiger partial charge in [-0.2, -0.15) is 0 Å². The number of carbonyl (C=O) groups is 1. The summed E-state index contributed by atoms with van der Waals surface area (Å²) in [5, 5.41) is 2.82. The van der Waals surface area contributed by atoms with Crippen LogP contribution in [0.4, 0.5) is 5.69 Å². The topological polar surface area (TPSA) is 93.1 Å². The number of anilines is 1. The minimum Gasteiger partial charge on any atom is -0.331 e. The summed E-state index contributed by atoms with van der Waals surface area (Å²) in [5.41, 5.74) is 2.03. The smallest absolute Gasteiger partial charge is 0.255 e. The minimum absolute atomic E-state index is 0.0989. The van der Waals surface area contributed by atoms with Crippen LogP contribution in [-0.2, 0) is 16.6 Å². The molecule has 0 bridgehead atoms. The standard InChI is InChI=1S/C22H24N4O3S/c1-16-23-11-12-26(16)15-18-7-9-20(10-8-18)25-22(27)19-3-2-4-21(13-19)30(28,29)24-14-17-5-6-17/h2-4,7-13,17,24H,5-6,14-15H2,1H3,(H,25,27). The maximum Gasteiger partial charge on any atom is 0.255 e. The van der Waals surface area contributed by atoms with E-state index < -0.39 is 10.0 Å². The van der Waals surface area contributed by atoms with E-state index >= 15 is 0 Å². The Bertz CT molecular complexity index is 1150. The van der Waals surface area contributed by atoms with Crippen LogP contribution in [0.3, 0.4) is 0 Å². The van der Waals surface area contributed by atoms with Crippen LogP contribution in [0, 0.1) is 12.8 Å². The summed E-state index contributed by atoms with van der Waals surface area (Å²) in [7, 11) is -3.62. The fourth-order valence-electron chi connectivity index (χ4n) is 3.10. The number of hydrogen-bond donors (Lipinski definition) is 2. The van der Waals surface area contributed by atoms with Gasteiger partial charge in [-0.25, -0.2) is 18.1 Å². The first-order valence-electron chi connectivity index (χ1n) is 9.88. The van der Waals surface area contributed by atoms with Crippen molar-refractivity contribution in [2.24, 2.45) is 5.92 Å². The number of sulfonamides is 1. The van der Waals surface area contributed by atoms with Crippen LogP contribution in [0.1, 0.15) is 34.6 Å². The Kier molecular flexibility index (Phi) is 5.69. The number of nitrogens with one attached hydrogen (secondary N) is 2. The second kappa shape index (κ2) is 8.41. The summed E-state index contributed by atoms with van der Waals surface area (Å²) in [5.74, 6) is 1.02. The third-order valence-electron chi connectivity index (χ3n) is 5.15. The Hall–Kier alpha value is -2.97. The van der Waals surface area contributed by atoms with E-state index in [1.807, 2.05) is 42.0 Å². The summed E-state index contributed by atoms with van der Waals surface area (Å²) in [6, 6.07) is 13.6. The molecule has 1 aliphatic carbocycles. The fourth-order valence-corrected chi connectivity index (χ4v) is 4.26. The van der Waals surface area contributed by atoms with Gasteiger partial charge < -0.3 is 9.88 Å². The van der Waals surface area contributed by atoms with Crippen LogP contribution >= 0.6 is 0 Å². The zero-order valence-electron chi connectivity index (χ0n) is 16.7. The number of rotatable bonds is 8. The van der Waals surface area contributed by atoms with E-state index in [4.69, 9.17) is 0 Å². The summed E-state index contributed by atoms with van der Waals surface area (Å²) in [4.78, 5) is 16.9. The molecule has 1 amide bonds. The average molecular weight is 425 g/mol. The fraction of sp³-hybridized carbons (Fsp3) is 0.273. The molecule has 156 valence electrons. The quantitative estimate of drug-likeness (QED) is 0.581. The molecule has 0 saturated heterocycles. The van der Waals surface area contributed by atoms with Gasteiger partial charge in [0.2, 0.25) is 10.0 Å². The number of amides is 1. The predicted octanol–water partition coefficient (Wildman–Crippen LogP) is 3.18. The van der Waals surface area contributed by atoms with Crippen LogP contribution in [0.15, 0.2) is 65.8 Å². The van der Waals surface area contributed by atoms with Crippen LogP contribution in [0.5, 0.6) is 0 Å². The Morgan fingerprint density at radius 2 is 1.93 bits per heavy atom. The molecule has 1 aliphatic rings. The molecule has 1 saturated carbocycles. The van der Waals surface area contributed by atoms with E-state index in [0.29, 0.717) is 30.3 Å². The number of aromatic nitrogens is 2. The highest BCUT2D eigenvalue weighted by molar-refractivity contribution is 7.89. The van der Waals surface area contributed by atoms with Gasteiger partial charge >= 0.3 is 0 Å². The van der Waals surface area contributed by atoms with Gasteiger partial charge in [0.25, 0.3) is 5.91 Å². The number of hydrogen-bond acceptors (Lipinski definition) is 4. The van der Waals surface area contributed by atoms with E-state index in [-0.39, 0.29) is 10.8 Å². The largest absolute Gasteiger partial charge is 0.331 e. The molecular weight excluding hydrogens is 400 g/mol. The number of imidazole rings is 1. The van der Waals surface area contributed by atoms with Gasteiger partial charge in [-0.05, 0) is 61.6 Å². The summed E-state index contributed by atoms with van der Waals surface area (Å²) < 4.78 is 29.5. The molecule has 0 radical (unpaired) electrons. The molecule has 2 aromatic carbocycles. The van der Waals surface area contributed by atoms with Crippen molar-refractivity contribution in [3.63, 3.8) is 0 Å². The Labute approximate surface area is 176 Å². The third kappa shape index (κ3) is 4.95. The maximum atomic E-state index is 12.6. The summed E-state index contributed by atoms with van der Waals surface area (Å²) in [6.07, 6.45) is 5.81. The molecule has 4 rings (SSSR count). The van der Waals surface area contributed by atoms with Crippen LogP contribution < -0.4 is 10.0 Å². The predicted molar refractivity (Wildman–Crippen MR) is 115 cm³/mol.